The third-order valence-corrected chi connectivity index (χ3v) is 4.01. The predicted molar refractivity (Wildman–Crippen MR) is 100 cm³/mol. The lowest BCUT2D eigenvalue weighted by Crippen LogP contribution is -2.38. The van der Waals surface area contributed by atoms with Gasteiger partial charge in [0.15, 0.2) is 5.96 Å². The van der Waals surface area contributed by atoms with Crippen molar-refractivity contribution in [3.05, 3.63) is 29.8 Å². The Morgan fingerprint density at radius 1 is 1.28 bits per heavy atom. The van der Waals surface area contributed by atoms with Crippen LogP contribution in [0.25, 0.3) is 0 Å². The summed E-state index contributed by atoms with van der Waals surface area (Å²) >= 11 is 0. The Bertz CT molecular complexity index is 499. The predicted octanol–water partition coefficient (Wildman–Crippen LogP) is 2.34. The third kappa shape index (κ3) is 7.75. The van der Waals surface area contributed by atoms with E-state index in [-0.39, 0.29) is 6.10 Å². The molecule has 1 heterocycles. The van der Waals surface area contributed by atoms with Gasteiger partial charge in [-0.25, -0.2) is 0 Å². The minimum atomic E-state index is 0.281. The van der Waals surface area contributed by atoms with E-state index >= 15 is 0 Å². The van der Waals surface area contributed by atoms with Crippen LogP contribution in [-0.2, 0) is 16.1 Å². The molecule has 6 heteroatoms. The van der Waals surface area contributed by atoms with Crippen molar-refractivity contribution in [3.8, 4) is 5.75 Å². The van der Waals surface area contributed by atoms with Gasteiger partial charge in [0, 0.05) is 26.3 Å². The molecule has 0 aromatic heterocycles. The molecule has 1 saturated heterocycles. The molecule has 6 nitrogen and oxygen atoms in total. The molecule has 0 aliphatic carbocycles. The Morgan fingerprint density at radius 2 is 2.12 bits per heavy atom. The fraction of sp³-hybridized carbons (Fsp3) is 0.632. The van der Waals surface area contributed by atoms with Crippen molar-refractivity contribution in [3.63, 3.8) is 0 Å². The van der Waals surface area contributed by atoms with E-state index in [0.29, 0.717) is 13.2 Å². The summed E-state index contributed by atoms with van der Waals surface area (Å²) in [4.78, 5) is 4.59. The molecule has 1 fully saturated rings. The van der Waals surface area contributed by atoms with Crippen LogP contribution in [0.3, 0.4) is 0 Å². The minimum Gasteiger partial charge on any atom is -0.497 e. The first-order chi connectivity index (χ1) is 12.3. The summed E-state index contributed by atoms with van der Waals surface area (Å²) in [6.45, 7) is 6.69. The number of hydrogen-bond acceptors (Lipinski definition) is 4. The van der Waals surface area contributed by atoms with Crippen LogP contribution >= 0.6 is 0 Å². The molecule has 1 aromatic carbocycles. The van der Waals surface area contributed by atoms with Gasteiger partial charge < -0.3 is 24.8 Å². The number of ether oxygens (including phenoxy) is 3. The van der Waals surface area contributed by atoms with Crippen molar-refractivity contribution in [2.24, 2.45) is 4.99 Å². The highest BCUT2D eigenvalue weighted by molar-refractivity contribution is 5.79. The topological polar surface area (TPSA) is 64.1 Å². The van der Waals surface area contributed by atoms with Gasteiger partial charge in [-0.1, -0.05) is 12.1 Å². The third-order valence-electron chi connectivity index (χ3n) is 4.01. The first-order valence-electron chi connectivity index (χ1n) is 9.16. The largest absolute Gasteiger partial charge is 0.497 e. The van der Waals surface area contributed by atoms with E-state index in [4.69, 9.17) is 14.2 Å². The summed E-state index contributed by atoms with van der Waals surface area (Å²) in [6, 6.07) is 7.96. The normalized spacial score (nSPS) is 17.5. The molecule has 1 aliphatic heterocycles. The van der Waals surface area contributed by atoms with Gasteiger partial charge in [-0.05, 0) is 43.9 Å². The zero-order chi connectivity index (χ0) is 17.7. The second-order valence-corrected chi connectivity index (χ2v) is 6.04. The lowest BCUT2D eigenvalue weighted by molar-refractivity contribution is 0.117. The van der Waals surface area contributed by atoms with Crippen molar-refractivity contribution in [2.75, 3.05) is 40.0 Å². The monoisotopic (exact) mass is 349 g/mol. The second kappa shape index (κ2) is 11.7. The molecular weight excluding hydrogens is 318 g/mol. The van der Waals surface area contributed by atoms with E-state index in [2.05, 4.69) is 22.5 Å². The van der Waals surface area contributed by atoms with Gasteiger partial charge in [-0.15, -0.1) is 0 Å². The van der Waals surface area contributed by atoms with Crippen LogP contribution in [0.5, 0.6) is 5.75 Å². The number of rotatable bonds is 10. The van der Waals surface area contributed by atoms with Crippen molar-refractivity contribution >= 4 is 5.96 Å². The first kappa shape index (κ1) is 19.5. The average Bonchev–Trinajstić information content (AvgIpc) is 3.16. The molecule has 0 spiro atoms. The summed E-state index contributed by atoms with van der Waals surface area (Å²) in [6.07, 6.45) is 3.47. The van der Waals surface area contributed by atoms with E-state index in [9.17, 15) is 0 Å². The molecule has 25 heavy (non-hydrogen) atoms. The fourth-order valence-corrected chi connectivity index (χ4v) is 2.62. The Balaban J connectivity index is 1.58. The van der Waals surface area contributed by atoms with Gasteiger partial charge in [0.2, 0.25) is 0 Å². The molecule has 1 aliphatic rings. The summed E-state index contributed by atoms with van der Waals surface area (Å²) in [5.41, 5.74) is 1.15. The Kier molecular flexibility index (Phi) is 9.15. The molecule has 0 bridgehead atoms. The maximum atomic E-state index is 5.72. The van der Waals surface area contributed by atoms with E-state index in [1.165, 1.54) is 0 Å². The van der Waals surface area contributed by atoms with E-state index in [0.717, 1.165) is 62.8 Å². The van der Waals surface area contributed by atoms with Crippen LogP contribution in [0.1, 0.15) is 31.7 Å². The number of hydrogen-bond donors (Lipinski definition) is 2. The zero-order valence-corrected chi connectivity index (χ0v) is 15.4. The SMILES string of the molecule is CCNC(=NCC1CCCO1)NCCCOCc1ccc(OC)cc1. The Hall–Kier alpha value is -1.79. The molecule has 0 saturated carbocycles. The van der Waals surface area contributed by atoms with Crippen LogP contribution in [0.4, 0.5) is 0 Å². The molecule has 1 atom stereocenters. The first-order valence-corrected chi connectivity index (χ1v) is 9.16. The van der Waals surface area contributed by atoms with Crippen LogP contribution in [-0.4, -0.2) is 52.0 Å². The van der Waals surface area contributed by atoms with E-state index < -0.39 is 0 Å². The molecular formula is C19H31N3O3. The summed E-state index contributed by atoms with van der Waals surface area (Å²) in [7, 11) is 1.67. The standard InChI is InChI=1S/C19H31N3O3/c1-3-20-19(22-14-18-6-4-13-25-18)21-11-5-12-24-15-16-7-9-17(23-2)10-8-16/h7-10,18H,3-6,11-15H2,1-2H3,(H2,20,21,22). The quantitative estimate of drug-likeness (QED) is 0.386. The smallest absolute Gasteiger partial charge is 0.191 e. The van der Waals surface area contributed by atoms with Crippen LogP contribution < -0.4 is 15.4 Å². The van der Waals surface area contributed by atoms with Gasteiger partial charge in [0.1, 0.15) is 5.75 Å². The number of nitrogens with one attached hydrogen (secondary N) is 2. The van der Waals surface area contributed by atoms with E-state index in [1.54, 1.807) is 7.11 Å². The van der Waals surface area contributed by atoms with Crippen molar-refractivity contribution in [2.45, 2.75) is 38.9 Å². The summed E-state index contributed by atoms with van der Waals surface area (Å²) in [5, 5.41) is 6.61. The average molecular weight is 349 g/mol. The Morgan fingerprint density at radius 3 is 2.80 bits per heavy atom. The highest BCUT2D eigenvalue weighted by atomic mass is 16.5. The van der Waals surface area contributed by atoms with Gasteiger partial charge in [-0.3, -0.25) is 4.99 Å². The van der Waals surface area contributed by atoms with E-state index in [1.807, 2.05) is 24.3 Å². The molecule has 0 radical (unpaired) electrons. The van der Waals surface area contributed by atoms with Crippen LogP contribution in [0.2, 0.25) is 0 Å². The molecule has 2 N–H and O–H groups in total. The lowest BCUT2D eigenvalue weighted by atomic mass is 10.2. The number of methoxy groups -OCH3 is 1. The molecule has 2 rings (SSSR count). The summed E-state index contributed by atoms with van der Waals surface area (Å²) < 4.78 is 16.5. The number of aliphatic imine (C=N–C) groups is 1. The Labute approximate surface area is 151 Å². The van der Waals surface area contributed by atoms with Gasteiger partial charge in [0.05, 0.1) is 26.4 Å². The molecule has 1 unspecified atom stereocenters. The maximum absolute atomic E-state index is 5.72. The number of benzene rings is 1. The number of nitrogens with zero attached hydrogens (tertiary/aromatic N) is 1. The van der Waals surface area contributed by atoms with Gasteiger partial charge in [0.25, 0.3) is 0 Å². The van der Waals surface area contributed by atoms with Crippen molar-refractivity contribution in [1.29, 1.82) is 0 Å². The highest BCUT2D eigenvalue weighted by Crippen LogP contribution is 2.12. The van der Waals surface area contributed by atoms with Crippen molar-refractivity contribution < 1.29 is 14.2 Å². The van der Waals surface area contributed by atoms with Crippen LogP contribution in [0.15, 0.2) is 29.3 Å². The molecule has 0 amide bonds. The molecule has 1 aromatic rings. The van der Waals surface area contributed by atoms with Gasteiger partial charge >= 0.3 is 0 Å². The van der Waals surface area contributed by atoms with Crippen LogP contribution in [0, 0.1) is 0 Å². The van der Waals surface area contributed by atoms with Gasteiger partial charge in [-0.2, -0.15) is 0 Å². The maximum Gasteiger partial charge on any atom is 0.191 e. The zero-order valence-electron chi connectivity index (χ0n) is 15.4. The molecule has 140 valence electrons. The minimum absolute atomic E-state index is 0.281. The lowest BCUT2D eigenvalue weighted by Gasteiger charge is -2.13. The highest BCUT2D eigenvalue weighted by Gasteiger charge is 2.14. The second-order valence-electron chi connectivity index (χ2n) is 6.04. The fourth-order valence-electron chi connectivity index (χ4n) is 2.62. The summed E-state index contributed by atoms with van der Waals surface area (Å²) in [5.74, 6) is 1.72. The van der Waals surface area contributed by atoms with Crippen molar-refractivity contribution in [1.82, 2.24) is 10.6 Å². The number of guanidine groups is 1.